The van der Waals surface area contributed by atoms with Gasteiger partial charge in [-0.2, -0.15) is 0 Å². The molecule has 0 aliphatic rings. The van der Waals surface area contributed by atoms with Crippen molar-refractivity contribution in [2.24, 2.45) is 0 Å². The molecule has 0 unspecified atom stereocenters. The highest BCUT2D eigenvalue weighted by Crippen LogP contribution is 2.28. The lowest BCUT2D eigenvalue weighted by Crippen LogP contribution is -2.31. The Kier molecular flexibility index (Phi) is 8.19. The summed E-state index contributed by atoms with van der Waals surface area (Å²) in [5.74, 6) is 0.648. The zero-order chi connectivity index (χ0) is 25.5. The summed E-state index contributed by atoms with van der Waals surface area (Å²) >= 11 is 6.36. The molecule has 0 fully saturated rings. The van der Waals surface area contributed by atoms with E-state index in [1.165, 1.54) is 17.2 Å². The van der Waals surface area contributed by atoms with Gasteiger partial charge in [0.1, 0.15) is 11.6 Å². The van der Waals surface area contributed by atoms with Gasteiger partial charge in [-0.1, -0.05) is 84.4 Å². The Morgan fingerprint density at radius 2 is 1.57 bits per heavy atom. The summed E-state index contributed by atoms with van der Waals surface area (Å²) in [5.41, 5.74) is 4.39. The van der Waals surface area contributed by atoms with Gasteiger partial charge in [0.05, 0.1) is 11.6 Å². The van der Waals surface area contributed by atoms with Gasteiger partial charge >= 0.3 is 0 Å². The van der Waals surface area contributed by atoms with Crippen LogP contribution in [0.5, 0.6) is 5.75 Å². The second kappa shape index (κ2) is 12.1. The van der Waals surface area contributed by atoms with E-state index in [1.807, 2.05) is 42.6 Å². The predicted octanol–water partition coefficient (Wildman–Crippen LogP) is 8.06. The molecule has 5 rings (SSSR count). The molecule has 3 nitrogen and oxygen atoms in total. The van der Waals surface area contributed by atoms with Crippen molar-refractivity contribution in [1.29, 1.82) is 0 Å². The van der Waals surface area contributed by atoms with Crippen LogP contribution in [0.3, 0.4) is 0 Å². The minimum absolute atomic E-state index is 0.173. The second-order valence-electron chi connectivity index (χ2n) is 9.25. The number of nitrogens with zero attached hydrogens (tertiary/aromatic N) is 1. The molecule has 0 amide bonds. The molecule has 0 aliphatic carbocycles. The summed E-state index contributed by atoms with van der Waals surface area (Å²) in [6.45, 7) is 2.71. The Morgan fingerprint density at radius 1 is 0.838 bits per heavy atom. The van der Waals surface area contributed by atoms with Crippen LogP contribution in [0.2, 0.25) is 5.02 Å². The first-order valence-corrected chi connectivity index (χ1v) is 13.0. The number of rotatable bonds is 11. The zero-order valence-corrected chi connectivity index (χ0v) is 21.4. The first-order valence-electron chi connectivity index (χ1n) is 12.6. The van der Waals surface area contributed by atoms with E-state index in [0.717, 1.165) is 41.7 Å². The number of H-pyrrole nitrogens is 1. The number of fused-ring (bicyclic) bond motifs is 1. The van der Waals surface area contributed by atoms with Gasteiger partial charge in [0.15, 0.2) is 0 Å². The van der Waals surface area contributed by atoms with Gasteiger partial charge in [0.2, 0.25) is 0 Å². The SMILES string of the molecule is Fc1cccc(CN(CCCOc2ccc3[nH]ccc3c2)CC(c2ccccc2)c2ccccc2)c1Cl. The summed E-state index contributed by atoms with van der Waals surface area (Å²) in [5, 5.41) is 1.33. The molecule has 0 saturated carbocycles. The lowest BCUT2D eigenvalue weighted by Gasteiger charge is -2.29. The highest BCUT2D eigenvalue weighted by Gasteiger charge is 2.20. The molecule has 37 heavy (non-hydrogen) atoms. The summed E-state index contributed by atoms with van der Waals surface area (Å²) in [4.78, 5) is 5.56. The molecule has 5 aromatic rings. The van der Waals surface area contributed by atoms with E-state index in [1.54, 1.807) is 6.07 Å². The lowest BCUT2D eigenvalue weighted by molar-refractivity contribution is 0.223. The molecule has 0 bridgehead atoms. The smallest absolute Gasteiger partial charge is 0.142 e. The number of ether oxygens (including phenoxy) is 1. The lowest BCUT2D eigenvalue weighted by atomic mass is 9.90. The van der Waals surface area contributed by atoms with Crippen molar-refractivity contribution >= 4 is 22.5 Å². The predicted molar refractivity (Wildman–Crippen MR) is 150 cm³/mol. The fourth-order valence-corrected chi connectivity index (χ4v) is 4.96. The molecule has 0 atom stereocenters. The van der Waals surface area contributed by atoms with E-state index >= 15 is 0 Å². The van der Waals surface area contributed by atoms with E-state index in [4.69, 9.17) is 16.3 Å². The minimum Gasteiger partial charge on any atom is -0.494 e. The average Bonchev–Trinajstić information content (AvgIpc) is 3.41. The molecule has 0 radical (unpaired) electrons. The van der Waals surface area contributed by atoms with Crippen molar-refractivity contribution in [2.75, 3.05) is 19.7 Å². The monoisotopic (exact) mass is 512 g/mol. The Labute approximate surface area is 222 Å². The molecule has 0 spiro atoms. The molecule has 188 valence electrons. The third-order valence-electron chi connectivity index (χ3n) is 6.68. The van der Waals surface area contributed by atoms with E-state index in [-0.39, 0.29) is 16.8 Å². The van der Waals surface area contributed by atoms with Crippen LogP contribution < -0.4 is 4.74 Å². The number of nitrogens with one attached hydrogen (secondary N) is 1. The van der Waals surface area contributed by atoms with E-state index in [2.05, 4.69) is 64.5 Å². The van der Waals surface area contributed by atoms with Crippen molar-refractivity contribution in [3.05, 3.63) is 137 Å². The number of halogens is 2. The number of hydrogen-bond donors (Lipinski definition) is 1. The second-order valence-corrected chi connectivity index (χ2v) is 9.63. The normalized spacial score (nSPS) is 11.5. The number of hydrogen-bond acceptors (Lipinski definition) is 2. The maximum Gasteiger partial charge on any atom is 0.142 e. The standard InChI is InChI=1S/C32H30ClFN2O/c33-32-27(13-7-14-30(32)34)22-36(19-8-20-37-28-15-16-31-26(21-28)17-18-35-31)23-29(24-9-3-1-4-10-24)25-11-5-2-6-12-25/h1-7,9-18,21,29,35H,8,19-20,22-23H2. The van der Waals surface area contributed by atoms with Crippen molar-refractivity contribution in [2.45, 2.75) is 18.9 Å². The molecule has 4 aromatic carbocycles. The molecule has 1 N–H and O–H groups in total. The van der Waals surface area contributed by atoms with Crippen LogP contribution in [-0.2, 0) is 6.54 Å². The fourth-order valence-electron chi connectivity index (χ4n) is 4.78. The highest BCUT2D eigenvalue weighted by molar-refractivity contribution is 6.31. The van der Waals surface area contributed by atoms with Gasteiger partial charge in [-0.3, -0.25) is 4.90 Å². The number of benzene rings is 4. The molecule has 0 saturated heterocycles. The maximum atomic E-state index is 14.2. The summed E-state index contributed by atoms with van der Waals surface area (Å²) in [7, 11) is 0. The largest absolute Gasteiger partial charge is 0.494 e. The fraction of sp³-hybridized carbons (Fsp3) is 0.188. The first kappa shape index (κ1) is 25.1. The zero-order valence-electron chi connectivity index (χ0n) is 20.6. The van der Waals surface area contributed by atoms with Crippen LogP contribution in [0.4, 0.5) is 4.39 Å². The average molecular weight is 513 g/mol. The Morgan fingerprint density at radius 3 is 2.30 bits per heavy atom. The maximum absolute atomic E-state index is 14.2. The van der Waals surface area contributed by atoms with Crippen LogP contribution >= 0.6 is 11.6 Å². The molecular weight excluding hydrogens is 483 g/mol. The minimum atomic E-state index is -0.384. The quantitative estimate of drug-likeness (QED) is 0.181. The van der Waals surface area contributed by atoms with Gasteiger partial charge in [0, 0.05) is 42.7 Å². The van der Waals surface area contributed by atoms with Crippen molar-refractivity contribution in [3.63, 3.8) is 0 Å². The summed E-state index contributed by atoms with van der Waals surface area (Å²) in [6.07, 6.45) is 2.76. The van der Waals surface area contributed by atoms with Crippen molar-refractivity contribution in [3.8, 4) is 5.75 Å². The van der Waals surface area contributed by atoms with Crippen molar-refractivity contribution < 1.29 is 9.13 Å². The third kappa shape index (κ3) is 6.40. The highest BCUT2D eigenvalue weighted by atomic mass is 35.5. The van der Waals surface area contributed by atoms with E-state index < -0.39 is 0 Å². The summed E-state index contributed by atoms with van der Waals surface area (Å²) in [6, 6.07) is 34.2. The van der Waals surface area contributed by atoms with Crippen LogP contribution in [-0.4, -0.2) is 29.6 Å². The van der Waals surface area contributed by atoms with E-state index in [9.17, 15) is 4.39 Å². The Hall–Kier alpha value is -3.60. The van der Waals surface area contributed by atoms with Gasteiger partial charge in [-0.25, -0.2) is 4.39 Å². The van der Waals surface area contributed by atoms with Crippen LogP contribution in [0.15, 0.2) is 109 Å². The van der Waals surface area contributed by atoms with Gasteiger partial charge in [0.25, 0.3) is 0 Å². The Bertz CT molecular complexity index is 1380. The molecule has 5 heteroatoms. The number of aromatic amines is 1. The van der Waals surface area contributed by atoms with Crippen LogP contribution in [0.25, 0.3) is 10.9 Å². The van der Waals surface area contributed by atoms with Gasteiger partial charge < -0.3 is 9.72 Å². The molecule has 0 aliphatic heterocycles. The Balaban J connectivity index is 1.33. The molecule has 1 heterocycles. The first-order chi connectivity index (χ1) is 18.2. The number of aromatic nitrogens is 1. The van der Waals surface area contributed by atoms with Crippen LogP contribution in [0, 0.1) is 5.82 Å². The summed E-state index contributed by atoms with van der Waals surface area (Å²) < 4.78 is 20.3. The third-order valence-corrected chi connectivity index (χ3v) is 7.11. The van der Waals surface area contributed by atoms with Crippen molar-refractivity contribution in [1.82, 2.24) is 9.88 Å². The van der Waals surface area contributed by atoms with Crippen LogP contribution in [0.1, 0.15) is 29.0 Å². The molecular formula is C32H30ClFN2O. The topological polar surface area (TPSA) is 28.3 Å². The van der Waals surface area contributed by atoms with Gasteiger partial charge in [-0.05, 0) is 53.4 Å². The van der Waals surface area contributed by atoms with Gasteiger partial charge in [-0.15, -0.1) is 0 Å². The van der Waals surface area contributed by atoms with E-state index in [0.29, 0.717) is 13.2 Å². The molecule has 1 aromatic heterocycles.